The molecule has 4 heterocycles. The highest BCUT2D eigenvalue weighted by Gasteiger charge is 2.28. The topological polar surface area (TPSA) is 91.9 Å². The Morgan fingerprint density at radius 1 is 0.975 bits per heavy atom. The highest BCUT2D eigenvalue weighted by molar-refractivity contribution is 5.96. The van der Waals surface area contributed by atoms with Gasteiger partial charge in [-0.15, -0.1) is 0 Å². The molecule has 2 N–H and O–H groups in total. The maximum absolute atomic E-state index is 13.5. The fourth-order valence-corrected chi connectivity index (χ4v) is 6.03. The van der Waals surface area contributed by atoms with Gasteiger partial charge in [0.15, 0.2) is 0 Å². The van der Waals surface area contributed by atoms with Crippen molar-refractivity contribution in [1.82, 2.24) is 24.2 Å². The molecule has 1 aliphatic heterocycles. The van der Waals surface area contributed by atoms with Gasteiger partial charge >= 0.3 is 6.09 Å². The Balaban J connectivity index is 1.34. The molecule has 8 nitrogen and oxygen atoms in total. The number of nitrogens with one attached hydrogen (secondary N) is 1. The van der Waals surface area contributed by atoms with E-state index in [0.29, 0.717) is 30.2 Å². The quantitative estimate of drug-likeness (QED) is 0.284. The zero-order valence-electron chi connectivity index (χ0n) is 22.2. The van der Waals surface area contributed by atoms with Crippen molar-refractivity contribution < 1.29 is 14.7 Å². The lowest BCUT2D eigenvalue weighted by atomic mass is 10.0. The van der Waals surface area contributed by atoms with E-state index in [-0.39, 0.29) is 11.9 Å². The summed E-state index contributed by atoms with van der Waals surface area (Å²) in [4.78, 5) is 31.6. The van der Waals surface area contributed by atoms with Gasteiger partial charge in [-0.25, -0.2) is 9.78 Å². The molecule has 8 heteroatoms. The number of nitrogens with zero attached hydrogens (tertiary/aromatic N) is 4. The summed E-state index contributed by atoms with van der Waals surface area (Å²) in [6.07, 6.45) is 4.88. The summed E-state index contributed by atoms with van der Waals surface area (Å²) in [5.41, 5.74) is 6.52. The van der Waals surface area contributed by atoms with Gasteiger partial charge in [-0.1, -0.05) is 48.5 Å². The van der Waals surface area contributed by atoms with E-state index in [1.54, 1.807) is 4.90 Å². The van der Waals surface area contributed by atoms with Crippen LogP contribution < -0.4 is 5.32 Å². The summed E-state index contributed by atoms with van der Waals surface area (Å²) in [6.45, 7) is 1.94. The van der Waals surface area contributed by atoms with Gasteiger partial charge in [-0.2, -0.15) is 0 Å². The molecule has 3 aromatic heterocycles. The fourth-order valence-electron chi connectivity index (χ4n) is 6.03. The van der Waals surface area contributed by atoms with Gasteiger partial charge in [-0.3, -0.25) is 9.20 Å². The second-order valence-corrected chi connectivity index (χ2v) is 11.0. The van der Waals surface area contributed by atoms with Gasteiger partial charge < -0.3 is 19.9 Å². The smallest absolute Gasteiger partial charge is 0.404 e. The van der Waals surface area contributed by atoms with Gasteiger partial charge in [0.1, 0.15) is 11.3 Å². The van der Waals surface area contributed by atoms with Crippen LogP contribution in [-0.2, 0) is 6.54 Å². The number of pyridine rings is 1. The van der Waals surface area contributed by atoms with Crippen molar-refractivity contribution in [1.29, 1.82) is 0 Å². The highest BCUT2D eigenvalue weighted by Crippen LogP contribution is 2.39. The molecule has 2 fully saturated rings. The van der Waals surface area contributed by atoms with Crippen LogP contribution in [0.4, 0.5) is 4.79 Å². The third kappa shape index (κ3) is 4.49. The predicted octanol–water partition coefficient (Wildman–Crippen LogP) is 5.91. The number of hydrogen-bond acceptors (Lipinski definition) is 3. The molecular weight excluding hydrogens is 502 g/mol. The number of hydrogen-bond donors (Lipinski definition) is 2. The SMILES string of the molecule is O=C(O)N[C@@H]1CCCN(C(=O)c2ccn3c(-c4ccccc4)c(-c4cc5ccccc5n4CC4CC4)nc3c2)C1. The number of piperidine rings is 1. The normalized spacial score (nSPS) is 17.4. The number of imidazole rings is 1. The van der Waals surface area contributed by atoms with E-state index in [4.69, 9.17) is 10.1 Å². The number of rotatable bonds is 6. The van der Waals surface area contributed by atoms with E-state index < -0.39 is 6.09 Å². The molecule has 7 rings (SSSR count). The van der Waals surface area contributed by atoms with Crippen LogP contribution in [0.3, 0.4) is 0 Å². The average Bonchev–Trinajstić information content (AvgIpc) is 3.61. The van der Waals surface area contributed by atoms with E-state index in [2.05, 4.69) is 56.7 Å². The Kier molecular flexibility index (Phi) is 6.03. The van der Waals surface area contributed by atoms with E-state index in [1.165, 1.54) is 23.7 Å². The Hall–Kier alpha value is -4.59. The molecule has 2 amide bonds. The number of para-hydroxylation sites is 1. The molecule has 0 bridgehead atoms. The first kappa shape index (κ1) is 24.5. The first-order valence-corrected chi connectivity index (χ1v) is 14.0. The standard InChI is InChI=1S/C32H31N5O3/c38-31(35-15-6-10-25(20-35)33-32(39)40)24-14-16-36-28(18-24)34-29(30(36)22-7-2-1-3-8-22)27-17-23-9-4-5-11-26(23)37(27)19-21-12-13-21/h1-5,7-9,11,14,16-18,21,25,33H,6,10,12-13,15,19-20H2,(H,39,40)/t25-/m1/s1. The highest BCUT2D eigenvalue weighted by atomic mass is 16.4. The number of aromatic nitrogens is 3. The number of amides is 2. The van der Waals surface area contributed by atoms with Crippen molar-refractivity contribution in [3.63, 3.8) is 0 Å². The van der Waals surface area contributed by atoms with Crippen LogP contribution in [-0.4, -0.2) is 55.1 Å². The third-order valence-corrected chi connectivity index (χ3v) is 8.15. The average molecular weight is 534 g/mol. The lowest BCUT2D eigenvalue weighted by Gasteiger charge is -2.32. The van der Waals surface area contributed by atoms with Crippen molar-refractivity contribution >= 4 is 28.6 Å². The minimum absolute atomic E-state index is 0.104. The molecule has 1 aliphatic carbocycles. The van der Waals surface area contributed by atoms with Crippen LogP contribution >= 0.6 is 0 Å². The first-order valence-electron chi connectivity index (χ1n) is 14.0. The summed E-state index contributed by atoms with van der Waals surface area (Å²) in [5.74, 6) is 0.591. The summed E-state index contributed by atoms with van der Waals surface area (Å²) in [7, 11) is 0. The Morgan fingerprint density at radius 3 is 2.58 bits per heavy atom. The summed E-state index contributed by atoms with van der Waals surface area (Å²) in [5, 5.41) is 12.9. The second kappa shape index (κ2) is 9.86. The van der Waals surface area contributed by atoms with Crippen LogP contribution in [0.2, 0.25) is 0 Å². The Bertz CT molecular complexity index is 1730. The van der Waals surface area contributed by atoms with Crippen molar-refractivity contribution in [3.05, 3.63) is 84.6 Å². The fraction of sp³-hybridized carbons (Fsp3) is 0.281. The molecule has 40 heavy (non-hydrogen) atoms. The van der Waals surface area contributed by atoms with Crippen LogP contribution in [0.5, 0.6) is 0 Å². The number of carbonyl (C=O) groups is 2. The first-order chi connectivity index (χ1) is 19.5. The number of carboxylic acid groups (broad SMARTS) is 1. The molecule has 0 unspecified atom stereocenters. The number of fused-ring (bicyclic) bond motifs is 2. The number of benzene rings is 2. The van der Waals surface area contributed by atoms with Gasteiger partial charge in [0.2, 0.25) is 0 Å². The summed E-state index contributed by atoms with van der Waals surface area (Å²) >= 11 is 0. The Labute approximate surface area is 231 Å². The Morgan fingerprint density at radius 2 is 1.77 bits per heavy atom. The minimum atomic E-state index is -1.06. The molecule has 0 spiro atoms. The van der Waals surface area contributed by atoms with Crippen molar-refractivity contribution in [2.24, 2.45) is 5.92 Å². The van der Waals surface area contributed by atoms with Gasteiger partial charge in [0.25, 0.3) is 5.91 Å². The minimum Gasteiger partial charge on any atom is -0.465 e. The van der Waals surface area contributed by atoms with Crippen LogP contribution in [0.1, 0.15) is 36.0 Å². The zero-order valence-corrected chi connectivity index (χ0v) is 22.2. The predicted molar refractivity (Wildman–Crippen MR) is 154 cm³/mol. The van der Waals surface area contributed by atoms with E-state index >= 15 is 0 Å². The second-order valence-electron chi connectivity index (χ2n) is 11.0. The van der Waals surface area contributed by atoms with E-state index in [0.717, 1.165) is 42.0 Å². The van der Waals surface area contributed by atoms with E-state index in [9.17, 15) is 9.59 Å². The zero-order chi connectivity index (χ0) is 27.2. The monoisotopic (exact) mass is 533 g/mol. The molecule has 1 saturated heterocycles. The maximum atomic E-state index is 13.5. The largest absolute Gasteiger partial charge is 0.465 e. The van der Waals surface area contributed by atoms with Crippen molar-refractivity contribution in [2.75, 3.05) is 13.1 Å². The van der Waals surface area contributed by atoms with Crippen LogP contribution in [0.15, 0.2) is 79.0 Å². The summed E-state index contributed by atoms with van der Waals surface area (Å²) < 4.78 is 4.49. The van der Waals surface area contributed by atoms with Gasteiger partial charge in [-0.05, 0) is 55.9 Å². The van der Waals surface area contributed by atoms with Crippen LogP contribution in [0.25, 0.3) is 39.2 Å². The molecule has 1 saturated carbocycles. The van der Waals surface area contributed by atoms with Crippen molar-refractivity contribution in [3.8, 4) is 22.6 Å². The third-order valence-electron chi connectivity index (χ3n) is 8.15. The number of likely N-dealkylation sites (tertiary alicyclic amines) is 1. The van der Waals surface area contributed by atoms with Crippen LogP contribution in [0, 0.1) is 5.92 Å². The van der Waals surface area contributed by atoms with Crippen molar-refractivity contribution in [2.45, 2.75) is 38.3 Å². The lowest BCUT2D eigenvalue weighted by molar-refractivity contribution is 0.0692. The molecule has 1 atom stereocenters. The summed E-state index contributed by atoms with van der Waals surface area (Å²) in [6, 6.07) is 24.5. The van der Waals surface area contributed by atoms with E-state index in [1.807, 2.05) is 36.5 Å². The molecule has 5 aromatic rings. The molecule has 202 valence electrons. The molecule has 0 radical (unpaired) electrons. The maximum Gasteiger partial charge on any atom is 0.404 e. The molecule has 2 aliphatic rings. The number of carbonyl (C=O) groups excluding carboxylic acids is 1. The van der Waals surface area contributed by atoms with Gasteiger partial charge in [0, 0.05) is 53.9 Å². The van der Waals surface area contributed by atoms with Gasteiger partial charge in [0.05, 0.1) is 11.4 Å². The lowest BCUT2D eigenvalue weighted by Crippen LogP contribution is -2.49. The molecular formula is C32H31N5O3. The molecule has 2 aromatic carbocycles.